The number of hydrogen-bond acceptors (Lipinski definition) is 9. The zero-order valence-electron chi connectivity index (χ0n) is 41.6. The summed E-state index contributed by atoms with van der Waals surface area (Å²) < 4.78 is 12.2. The van der Waals surface area contributed by atoms with Crippen molar-refractivity contribution in [2.45, 2.75) is 150 Å². The molecule has 0 saturated carbocycles. The molecule has 0 radical (unpaired) electrons. The summed E-state index contributed by atoms with van der Waals surface area (Å²) in [5.74, 6) is -0.953. The predicted molar refractivity (Wildman–Crippen MR) is 261 cm³/mol. The Morgan fingerprint density at radius 2 is 1.52 bits per heavy atom. The number of rotatable bonds is 25. The second-order valence-corrected chi connectivity index (χ2v) is 20.4. The maximum absolute atomic E-state index is 14.7. The number of methoxy groups -OCH3 is 2. The molecule has 0 bridgehead atoms. The molecule has 4 rings (SSSR count). The number of nitrogens with zero attached hydrogens (tertiary/aromatic N) is 4. The number of nitrogens with one attached hydrogen (secondary N) is 2. The molecule has 2 aromatic carbocycles. The number of benzene rings is 2. The van der Waals surface area contributed by atoms with Crippen LogP contribution >= 0.6 is 11.3 Å². The van der Waals surface area contributed by atoms with E-state index in [0.29, 0.717) is 31.8 Å². The lowest BCUT2D eigenvalue weighted by Gasteiger charge is -2.41. The average molecular weight is 917 g/mol. The fourth-order valence-corrected chi connectivity index (χ4v) is 10.5. The Bertz CT molecular complexity index is 1930. The van der Waals surface area contributed by atoms with Gasteiger partial charge in [-0.05, 0) is 73.1 Å². The number of ether oxygens (including phenoxy) is 2. The zero-order valence-corrected chi connectivity index (χ0v) is 42.4. The smallest absolute Gasteiger partial charge is 0.245 e. The predicted octanol–water partition coefficient (Wildman–Crippen LogP) is 7.96. The van der Waals surface area contributed by atoms with E-state index in [4.69, 9.17) is 9.47 Å². The number of aromatic nitrogens is 1. The largest absolute Gasteiger partial charge is 0.379 e. The topological polar surface area (TPSA) is 133 Å². The number of amides is 4. The molecule has 0 spiro atoms. The fraction of sp³-hybridized carbons (Fsp3) is 0.635. The number of carbonyl (C=O) groups excluding carboxylic acids is 4. The van der Waals surface area contributed by atoms with Crippen molar-refractivity contribution in [3.05, 3.63) is 87.9 Å². The summed E-state index contributed by atoms with van der Waals surface area (Å²) in [5.41, 5.74) is 3.52. The first-order chi connectivity index (χ1) is 30.9. The first-order valence-corrected chi connectivity index (χ1v) is 24.7. The van der Waals surface area contributed by atoms with Crippen molar-refractivity contribution in [3.8, 4) is 0 Å². The third-order valence-electron chi connectivity index (χ3n) is 13.3. The molecule has 13 heteroatoms. The van der Waals surface area contributed by atoms with Crippen LogP contribution in [0.1, 0.15) is 116 Å². The van der Waals surface area contributed by atoms with Gasteiger partial charge in [-0.25, -0.2) is 4.98 Å². The molecule has 360 valence electrons. The maximum atomic E-state index is 14.7. The van der Waals surface area contributed by atoms with Crippen molar-refractivity contribution >= 4 is 35.0 Å². The second kappa shape index (κ2) is 25.7. The third-order valence-corrected chi connectivity index (χ3v) is 14.2. The van der Waals surface area contributed by atoms with E-state index in [0.717, 1.165) is 35.4 Å². The molecule has 65 heavy (non-hydrogen) atoms. The van der Waals surface area contributed by atoms with Gasteiger partial charge >= 0.3 is 0 Å². The van der Waals surface area contributed by atoms with E-state index in [-0.39, 0.29) is 59.9 Å². The minimum absolute atomic E-state index is 0.0131. The second-order valence-electron chi connectivity index (χ2n) is 19.5. The molecule has 12 nitrogen and oxygen atoms in total. The molecule has 1 aliphatic rings. The molecule has 2 heterocycles. The molecular weight excluding hydrogens is 837 g/mol. The highest BCUT2D eigenvalue weighted by Crippen LogP contribution is 2.31. The lowest BCUT2D eigenvalue weighted by Crippen LogP contribution is -2.60. The minimum Gasteiger partial charge on any atom is -0.379 e. The molecule has 1 saturated heterocycles. The van der Waals surface area contributed by atoms with Crippen LogP contribution in [0.25, 0.3) is 0 Å². The Labute approximate surface area is 394 Å². The minimum atomic E-state index is -0.794. The molecular formula is C52H80N6O6S. The van der Waals surface area contributed by atoms with Crippen molar-refractivity contribution in [2.24, 2.45) is 29.6 Å². The van der Waals surface area contributed by atoms with Crippen LogP contribution in [0.15, 0.2) is 66.2 Å². The number of likely N-dealkylation sites (N-methyl/N-ethyl adjacent to an activating group) is 2. The number of thiazole rings is 1. The van der Waals surface area contributed by atoms with Crippen molar-refractivity contribution in [2.75, 3.05) is 34.9 Å². The molecule has 4 amide bonds. The van der Waals surface area contributed by atoms with Crippen LogP contribution in [-0.4, -0.2) is 115 Å². The van der Waals surface area contributed by atoms with E-state index in [1.165, 1.54) is 16.9 Å². The van der Waals surface area contributed by atoms with Gasteiger partial charge in [0.2, 0.25) is 23.6 Å². The van der Waals surface area contributed by atoms with E-state index < -0.39 is 36.3 Å². The summed E-state index contributed by atoms with van der Waals surface area (Å²) >= 11 is 1.51. The SMILES string of the molecule is CC[C@H](C)[C@@H]([C@@H](CC(=O)N1CCC[C@H]1[C@H](OC)[C@@H](C)C(=O)N[C@@H](Cc1ccccc1)c1nccs1)OC)N(C)C(=O)[C@@H](NC(=O)[C@H](C(C)C)N(C)Cc1cccc(CC(C)C)c1)C(C)C. The average Bonchev–Trinajstić information content (AvgIpc) is 3.99. The summed E-state index contributed by atoms with van der Waals surface area (Å²) in [4.78, 5) is 67.6. The fourth-order valence-electron chi connectivity index (χ4n) is 9.76. The normalized spacial score (nSPS) is 18.0. The zero-order chi connectivity index (χ0) is 48.0. The van der Waals surface area contributed by atoms with Crippen molar-refractivity contribution < 1.29 is 28.7 Å². The van der Waals surface area contributed by atoms with E-state index in [1.54, 1.807) is 32.4 Å². The highest BCUT2D eigenvalue weighted by atomic mass is 32.1. The molecule has 1 aromatic heterocycles. The number of carbonyl (C=O) groups is 4. The summed E-state index contributed by atoms with van der Waals surface area (Å²) in [5, 5.41) is 9.16. The molecule has 9 atom stereocenters. The molecule has 2 N–H and O–H groups in total. The standard InChI is InChI=1S/C52H80N6O6S/c1-14-36(8)47(57(11)52(62)45(34(4)5)55-50(61)46(35(6)7)56(10)32-40-23-18-22-39(29-40)28-33(2)3)43(63-12)31-44(59)58-26-19-24-42(58)48(64-13)37(9)49(60)54-41(51-53-25-27-65-51)30-38-20-16-15-17-21-38/h15-18,20-23,25,27,29,33-37,41-43,45-48H,14,19,24,26,28,30-32H2,1-13H3,(H,54,60)(H,55,61)/t36-,37+,41-,42-,43+,45-,46-,47-,48+/m0/s1. The summed E-state index contributed by atoms with van der Waals surface area (Å²) in [6.45, 7) is 19.5. The Morgan fingerprint density at radius 3 is 2.11 bits per heavy atom. The van der Waals surface area contributed by atoms with Gasteiger partial charge in [0.15, 0.2) is 0 Å². The molecule has 1 fully saturated rings. The van der Waals surface area contributed by atoms with E-state index in [2.05, 4.69) is 72.5 Å². The summed E-state index contributed by atoms with van der Waals surface area (Å²) in [6, 6.07) is 16.2. The third kappa shape index (κ3) is 14.7. The van der Waals surface area contributed by atoms with Gasteiger partial charge in [0.1, 0.15) is 11.0 Å². The van der Waals surface area contributed by atoms with Crippen molar-refractivity contribution in [1.29, 1.82) is 0 Å². The monoisotopic (exact) mass is 917 g/mol. The quantitative estimate of drug-likeness (QED) is 0.0876. The van der Waals surface area contributed by atoms with E-state index in [1.807, 2.05) is 82.3 Å². The van der Waals surface area contributed by atoms with Gasteiger partial charge in [-0.1, -0.05) is 123 Å². The van der Waals surface area contributed by atoms with Gasteiger partial charge in [-0.2, -0.15) is 0 Å². The molecule has 0 aliphatic carbocycles. The lowest BCUT2D eigenvalue weighted by molar-refractivity contribution is -0.148. The van der Waals surface area contributed by atoms with Gasteiger partial charge < -0.3 is 29.9 Å². The first-order valence-electron chi connectivity index (χ1n) is 23.9. The van der Waals surface area contributed by atoms with E-state index in [9.17, 15) is 19.2 Å². The van der Waals surface area contributed by atoms with E-state index >= 15 is 0 Å². The summed E-state index contributed by atoms with van der Waals surface area (Å²) in [6.07, 6.45) is 4.41. The van der Waals surface area contributed by atoms with Gasteiger partial charge in [-0.3, -0.25) is 24.1 Å². The van der Waals surface area contributed by atoms with Gasteiger partial charge in [0.05, 0.1) is 48.7 Å². The molecule has 0 unspecified atom stereocenters. The van der Waals surface area contributed by atoms with Crippen LogP contribution in [0.5, 0.6) is 0 Å². The maximum Gasteiger partial charge on any atom is 0.245 e. The van der Waals surface area contributed by atoms with Crippen LogP contribution in [0.2, 0.25) is 0 Å². The summed E-state index contributed by atoms with van der Waals surface area (Å²) in [7, 11) is 6.94. The highest BCUT2D eigenvalue weighted by molar-refractivity contribution is 7.09. The van der Waals surface area contributed by atoms with Crippen LogP contribution < -0.4 is 10.6 Å². The van der Waals surface area contributed by atoms with Crippen LogP contribution in [0, 0.1) is 29.6 Å². The van der Waals surface area contributed by atoms with Crippen molar-refractivity contribution in [3.63, 3.8) is 0 Å². The van der Waals surface area contributed by atoms with Crippen molar-refractivity contribution in [1.82, 2.24) is 30.3 Å². The molecule has 3 aromatic rings. The van der Waals surface area contributed by atoms with Gasteiger partial charge in [0, 0.05) is 45.9 Å². The Morgan fingerprint density at radius 1 is 0.846 bits per heavy atom. The van der Waals surface area contributed by atoms with Gasteiger partial charge in [0.25, 0.3) is 0 Å². The van der Waals surface area contributed by atoms with Crippen LogP contribution in [0.4, 0.5) is 0 Å². The lowest BCUT2D eigenvalue weighted by atomic mass is 9.89. The number of hydrogen-bond donors (Lipinski definition) is 2. The Hall–Kier alpha value is -4.17. The van der Waals surface area contributed by atoms with Crippen LogP contribution in [0.3, 0.4) is 0 Å². The number of likely N-dealkylation sites (tertiary alicyclic amines) is 1. The van der Waals surface area contributed by atoms with Crippen LogP contribution in [-0.2, 0) is 48.0 Å². The first kappa shape index (κ1) is 53.4. The highest BCUT2D eigenvalue weighted by Gasteiger charge is 2.43. The van der Waals surface area contributed by atoms with Gasteiger partial charge in [-0.15, -0.1) is 11.3 Å². The Kier molecular flexibility index (Phi) is 21.1. The Balaban J connectivity index is 1.48. The molecule has 1 aliphatic heterocycles.